The van der Waals surface area contributed by atoms with Gasteiger partial charge in [-0.2, -0.15) is 0 Å². The maximum absolute atomic E-state index is 12.3. The van der Waals surface area contributed by atoms with Crippen molar-refractivity contribution in [2.24, 2.45) is 0 Å². The van der Waals surface area contributed by atoms with Gasteiger partial charge in [-0.1, -0.05) is 12.1 Å². The van der Waals surface area contributed by atoms with Crippen LogP contribution in [0.5, 0.6) is 0 Å². The fraction of sp³-hybridized carbons (Fsp3) is 0.133. The van der Waals surface area contributed by atoms with E-state index in [4.69, 9.17) is 0 Å². The van der Waals surface area contributed by atoms with Gasteiger partial charge in [-0.3, -0.25) is 19.7 Å². The van der Waals surface area contributed by atoms with Gasteiger partial charge in [-0.05, 0) is 36.2 Å². The maximum Gasteiger partial charge on any atom is 0.273 e. The van der Waals surface area contributed by atoms with E-state index in [9.17, 15) is 9.59 Å². The first-order valence-corrected chi connectivity index (χ1v) is 6.36. The number of nitrogens with one attached hydrogen (secondary N) is 1. The molecule has 0 aliphatic heterocycles. The Hall–Kier alpha value is -2.21. The smallest absolute Gasteiger partial charge is 0.267 e. The number of hydrogen-bond donors (Lipinski definition) is 1. The predicted octanol–water partition coefficient (Wildman–Crippen LogP) is 1.91. The van der Waals surface area contributed by atoms with Crippen molar-refractivity contribution >= 4 is 27.8 Å². The summed E-state index contributed by atoms with van der Waals surface area (Å²) in [5, 5.41) is 3.50. The molecule has 0 unspecified atom stereocenters. The van der Waals surface area contributed by atoms with Crippen LogP contribution in [0.25, 0.3) is 10.8 Å². The maximum atomic E-state index is 12.3. The molecule has 0 bridgehead atoms. The van der Waals surface area contributed by atoms with Crippen molar-refractivity contribution in [2.45, 2.75) is 13.0 Å². The van der Waals surface area contributed by atoms with Gasteiger partial charge in [0.1, 0.15) is 0 Å². The summed E-state index contributed by atoms with van der Waals surface area (Å²) in [5.41, 5.74) is 0.657. The first-order chi connectivity index (χ1) is 9.75. The number of benzene rings is 1. The molecule has 0 radical (unpaired) electrons. The van der Waals surface area contributed by atoms with Gasteiger partial charge >= 0.3 is 0 Å². The quantitative estimate of drug-likeness (QED) is 0.786. The van der Waals surface area contributed by atoms with Gasteiger partial charge in [-0.15, -0.1) is 17.0 Å². The summed E-state index contributed by atoms with van der Waals surface area (Å²) in [7, 11) is 0. The minimum absolute atomic E-state index is 0. The molecule has 0 amide bonds. The second-order valence-corrected chi connectivity index (χ2v) is 4.55. The first kappa shape index (κ1) is 15.2. The molecule has 3 rings (SSSR count). The monoisotopic (exact) mass is 347 g/mol. The Morgan fingerprint density at radius 3 is 2.38 bits per heavy atom. The van der Waals surface area contributed by atoms with Gasteiger partial charge in [0.2, 0.25) is 0 Å². The number of rotatable bonds is 3. The van der Waals surface area contributed by atoms with Gasteiger partial charge in [-0.25, -0.2) is 4.68 Å². The molecule has 2 aromatic heterocycles. The Bertz CT molecular complexity index is 856. The Kier molecular flexibility index (Phi) is 4.70. The molecule has 5 nitrogen and oxygen atoms in total. The average Bonchev–Trinajstić information content (AvgIpc) is 2.50. The number of H-pyrrole nitrogens is 1. The number of aryl methyl sites for hydroxylation is 2. The van der Waals surface area contributed by atoms with Crippen LogP contribution in [0.1, 0.15) is 5.56 Å². The number of nitrogens with zero attached hydrogens (tertiary/aromatic N) is 2. The number of aromatic amines is 1. The highest BCUT2D eigenvalue weighted by Gasteiger charge is 2.06. The van der Waals surface area contributed by atoms with Crippen LogP contribution in [0.4, 0.5) is 0 Å². The van der Waals surface area contributed by atoms with Crippen molar-refractivity contribution in [3.8, 4) is 0 Å². The number of fused-ring (bicyclic) bond motifs is 1. The molecule has 0 atom stereocenters. The molecule has 0 aliphatic carbocycles. The van der Waals surface area contributed by atoms with Gasteiger partial charge < -0.3 is 0 Å². The lowest BCUT2D eigenvalue weighted by molar-refractivity contribution is 0.576. The Labute approximate surface area is 131 Å². The lowest BCUT2D eigenvalue weighted by Crippen LogP contribution is -2.30. The van der Waals surface area contributed by atoms with Crippen LogP contribution in [0.2, 0.25) is 0 Å². The van der Waals surface area contributed by atoms with Gasteiger partial charge in [0.25, 0.3) is 11.1 Å². The standard InChI is InChI=1S/C15H13N3O2.BrH/c19-14-12-3-1-2-4-13(12)15(20)18(17-14)10-7-11-5-8-16-9-6-11;/h1-6,8-9H,7,10H2,(H,17,19);1H. The molecule has 1 aromatic carbocycles. The number of aromatic nitrogens is 3. The second-order valence-electron chi connectivity index (χ2n) is 4.55. The van der Waals surface area contributed by atoms with Gasteiger partial charge in [0.15, 0.2) is 0 Å². The van der Waals surface area contributed by atoms with Gasteiger partial charge in [0.05, 0.1) is 10.8 Å². The number of pyridine rings is 1. The first-order valence-electron chi connectivity index (χ1n) is 6.36. The van der Waals surface area contributed by atoms with Crippen LogP contribution in [0.15, 0.2) is 58.4 Å². The van der Waals surface area contributed by atoms with Crippen molar-refractivity contribution in [2.75, 3.05) is 0 Å². The summed E-state index contributed by atoms with van der Waals surface area (Å²) in [6.07, 6.45) is 4.08. The van der Waals surface area contributed by atoms with Crippen LogP contribution in [0, 0.1) is 0 Å². The fourth-order valence-electron chi connectivity index (χ4n) is 2.19. The SMILES string of the molecule is Br.O=c1[nH]n(CCc2ccncc2)c(=O)c2ccccc12. The second kappa shape index (κ2) is 6.49. The molecule has 1 N–H and O–H groups in total. The third-order valence-corrected chi connectivity index (χ3v) is 3.26. The van der Waals surface area contributed by atoms with Crippen LogP contribution < -0.4 is 11.1 Å². The van der Waals surface area contributed by atoms with E-state index in [1.54, 1.807) is 36.7 Å². The molecule has 0 saturated carbocycles. The van der Waals surface area contributed by atoms with Crippen molar-refractivity contribution in [3.05, 3.63) is 75.1 Å². The summed E-state index contributed by atoms with van der Waals surface area (Å²) in [5.74, 6) is 0. The number of hydrogen-bond acceptors (Lipinski definition) is 3. The lowest BCUT2D eigenvalue weighted by atomic mass is 10.2. The zero-order chi connectivity index (χ0) is 13.9. The largest absolute Gasteiger partial charge is 0.273 e. The molecule has 0 aliphatic rings. The highest BCUT2D eigenvalue weighted by atomic mass is 79.9. The highest BCUT2D eigenvalue weighted by Crippen LogP contribution is 2.03. The summed E-state index contributed by atoms with van der Waals surface area (Å²) in [6, 6.07) is 10.6. The van der Waals surface area contributed by atoms with E-state index in [-0.39, 0.29) is 28.1 Å². The summed E-state index contributed by atoms with van der Waals surface area (Å²) < 4.78 is 1.37. The van der Waals surface area contributed by atoms with E-state index in [1.807, 2.05) is 12.1 Å². The summed E-state index contributed by atoms with van der Waals surface area (Å²) in [4.78, 5) is 28.2. The number of halogens is 1. The van der Waals surface area contributed by atoms with Crippen molar-refractivity contribution in [3.63, 3.8) is 0 Å². The molecular formula is C15H14BrN3O2. The fourth-order valence-corrected chi connectivity index (χ4v) is 2.19. The predicted molar refractivity (Wildman–Crippen MR) is 87.1 cm³/mol. The molecule has 21 heavy (non-hydrogen) atoms. The molecular weight excluding hydrogens is 334 g/mol. The Morgan fingerprint density at radius 2 is 1.67 bits per heavy atom. The van der Waals surface area contributed by atoms with E-state index in [0.717, 1.165) is 5.56 Å². The molecule has 108 valence electrons. The van der Waals surface area contributed by atoms with E-state index >= 15 is 0 Å². The Balaban J connectivity index is 0.00000161. The molecule has 0 saturated heterocycles. The van der Waals surface area contributed by atoms with E-state index in [0.29, 0.717) is 23.7 Å². The highest BCUT2D eigenvalue weighted by molar-refractivity contribution is 8.93. The lowest BCUT2D eigenvalue weighted by Gasteiger charge is -2.07. The topological polar surface area (TPSA) is 67.8 Å². The molecule has 6 heteroatoms. The van der Waals surface area contributed by atoms with E-state index < -0.39 is 0 Å². The minimum Gasteiger partial charge on any atom is -0.267 e. The minimum atomic E-state index is -0.241. The molecule has 3 aromatic rings. The molecule has 2 heterocycles. The van der Waals surface area contributed by atoms with Crippen LogP contribution in [0.3, 0.4) is 0 Å². The molecule has 0 fully saturated rings. The summed E-state index contributed by atoms with van der Waals surface area (Å²) in [6.45, 7) is 0.433. The average molecular weight is 348 g/mol. The third-order valence-electron chi connectivity index (χ3n) is 3.26. The molecule has 0 spiro atoms. The zero-order valence-electron chi connectivity index (χ0n) is 11.2. The normalized spacial score (nSPS) is 10.3. The van der Waals surface area contributed by atoms with Crippen molar-refractivity contribution in [1.82, 2.24) is 14.8 Å². The Morgan fingerprint density at radius 1 is 1.00 bits per heavy atom. The zero-order valence-corrected chi connectivity index (χ0v) is 12.9. The van der Waals surface area contributed by atoms with Crippen molar-refractivity contribution in [1.29, 1.82) is 0 Å². The van der Waals surface area contributed by atoms with Crippen molar-refractivity contribution < 1.29 is 0 Å². The van der Waals surface area contributed by atoms with Crippen LogP contribution in [-0.4, -0.2) is 14.8 Å². The third kappa shape index (κ3) is 3.11. The van der Waals surface area contributed by atoms with Crippen LogP contribution in [-0.2, 0) is 13.0 Å². The van der Waals surface area contributed by atoms with E-state index in [1.165, 1.54) is 4.68 Å². The van der Waals surface area contributed by atoms with Crippen LogP contribution >= 0.6 is 17.0 Å². The van der Waals surface area contributed by atoms with Gasteiger partial charge in [0, 0.05) is 18.9 Å². The van der Waals surface area contributed by atoms with E-state index in [2.05, 4.69) is 10.1 Å². The summed E-state index contributed by atoms with van der Waals surface area (Å²) >= 11 is 0.